The molecule has 3 aromatic rings. The lowest BCUT2D eigenvalue weighted by molar-refractivity contribution is 0.489. The van der Waals surface area contributed by atoms with Gasteiger partial charge >= 0.3 is 0 Å². The van der Waals surface area contributed by atoms with E-state index in [9.17, 15) is 0 Å². The van der Waals surface area contributed by atoms with Crippen molar-refractivity contribution in [3.63, 3.8) is 0 Å². The molecule has 5 nitrogen and oxygen atoms in total. The molecule has 0 spiro atoms. The zero-order chi connectivity index (χ0) is 11.8. The van der Waals surface area contributed by atoms with Gasteiger partial charge in [0, 0.05) is 18.9 Å². The van der Waals surface area contributed by atoms with Gasteiger partial charge in [-0.05, 0) is 30.0 Å². The number of benzene rings is 1. The Balaban J connectivity index is 1.95. The first-order chi connectivity index (χ1) is 8.20. The minimum Gasteiger partial charge on any atom is -0.431 e. The van der Waals surface area contributed by atoms with E-state index < -0.39 is 0 Å². The lowest BCUT2D eigenvalue weighted by Crippen LogP contribution is -1.83. The molecule has 0 aliphatic carbocycles. The van der Waals surface area contributed by atoms with Crippen LogP contribution in [0.1, 0.15) is 0 Å². The molecular formula is C11H10N4OS. The van der Waals surface area contributed by atoms with Crippen molar-refractivity contribution in [2.75, 3.05) is 5.73 Å². The van der Waals surface area contributed by atoms with E-state index >= 15 is 0 Å². The largest absolute Gasteiger partial charge is 0.431 e. The highest BCUT2D eigenvalue weighted by Gasteiger charge is 2.08. The fourth-order valence-electron chi connectivity index (χ4n) is 1.52. The number of hydrogen-bond donors (Lipinski definition) is 1. The second kappa shape index (κ2) is 3.81. The number of rotatable bonds is 2. The lowest BCUT2D eigenvalue weighted by atomic mass is 10.3. The normalized spacial score (nSPS) is 11.1. The first kappa shape index (κ1) is 10.2. The van der Waals surface area contributed by atoms with E-state index in [0.717, 1.165) is 16.0 Å². The summed E-state index contributed by atoms with van der Waals surface area (Å²) in [6.45, 7) is 0. The zero-order valence-electron chi connectivity index (χ0n) is 9.12. The predicted molar refractivity (Wildman–Crippen MR) is 65.8 cm³/mol. The number of nitrogens with zero attached hydrogens (tertiary/aromatic N) is 3. The van der Waals surface area contributed by atoms with E-state index in [-0.39, 0.29) is 0 Å². The second-order valence-electron chi connectivity index (χ2n) is 3.66. The number of oxazole rings is 1. The van der Waals surface area contributed by atoms with Crippen molar-refractivity contribution in [1.82, 2.24) is 14.8 Å². The molecular weight excluding hydrogens is 236 g/mol. The number of aromatic nitrogens is 3. The van der Waals surface area contributed by atoms with Gasteiger partial charge in [0.2, 0.25) is 0 Å². The molecule has 0 aliphatic heterocycles. The van der Waals surface area contributed by atoms with Crippen molar-refractivity contribution in [2.45, 2.75) is 10.1 Å². The number of nitrogens with two attached hydrogens (primary N) is 1. The maximum Gasteiger partial charge on any atom is 0.261 e. The third-order valence-electron chi connectivity index (χ3n) is 2.28. The van der Waals surface area contributed by atoms with E-state index in [1.807, 2.05) is 19.3 Å². The van der Waals surface area contributed by atoms with Gasteiger partial charge in [0.05, 0.1) is 11.1 Å². The van der Waals surface area contributed by atoms with E-state index in [0.29, 0.717) is 10.9 Å². The summed E-state index contributed by atoms with van der Waals surface area (Å²) in [5.41, 5.74) is 7.89. The SMILES string of the molecule is Cn1cc(Sc2nc3cc(N)ccc3o2)cn1. The highest BCUT2D eigenvalue weighted by Crippen LogP contribution is 2.29. The fraction of sp³-hybridized carbons (Fsp3) is 0.0909. The molecule has 0 saturated heterocycles. The summed E-state index contributed by atoms with van der Waals surface area (Å²) in [6.07, 6.45) is 3.68. The molecule has 1 aromatic carbocycles. The number of nitrogen functional groups attached to an aromatic ring is 1. The van der Waals surface area contributed by atoms with Crippen molar-refractivity contribution in [2.24, 2.45) is 7.05 Å². The number of fused-ring (bicyclic) bond motifs is 1. The van der Waals surface area contributed by atoms with Crippen LogP contribution >= 0.6 is 11.8 Å². The Kier molecular flexibility index (Phi) is 2.29. The molecule has 2 N–H and O–H groups in total. The summed E-state index contributed by atoms with van der Waals surface area (Å²) in [6, 6.07) is 5.42. The molecule has 2 heterocycles. The van der Waals surface area contributed by atoms with Crippen molar-refractivity contribution >= 4 is 28.5 Å². The Morgan fingerprint density at radius 3 is 3.06 bits per heavy atom. The standard InChI is InChI=1S/C11H10N4OS/c1-15-6-8(5-13-15)17-11-14-9-4-7(12)2-3-10(9)16-11/h2-6H,12H2,1H3. The van der Waals surface area contributed by atoms with Gasteiger partial charge in [0.15, 0.2) is 5.58 Å². The van der Waals surface area contributed by atoms with Gasteiger partial charge in [0.1, 0.15) is 5.52 Å². The minimum absolute atomic E-state index is 0.596. The predicted octanol–water partition coefficient (Wildman–Crippen LogP) is 2.29. The molecule has 0 atom stereocenters. The summed E-state index contributed by atoms with van der Waals surface area (Å²) < 4.78 is 7.33. The van der Waals surface area contributed by atoms with E-state index in [2.05, 4.69) is 10.1 Å². The van der Waals surface area contributed by atoms with E-state index in [1.165, 1.54) is 11.8 Å². The van der Waals surface area contributed by atoms with Crippen LogP contribution in [-0.4, -0.2) is 14.8 Å². The molecule has 0 unspecified atom stereocenters. The quantitative estimate of drug-likeness (QED) is 0.702. The van der Waals surface area contributed by atoms with Crippen molar-refractivity contribution < 1.29 is 4.42 Å². The third-order valence-corrected chi connectivity index (χ3v) is 3.07. The summed E-state index contributed by atoms with van der Waals surface area (Å²) in [5, 5.41) is 4.68. The maximum absolute atomic E-state index is 5.69. The van der Waals surface area contributed by atoms with Gasteiger partial charge in [-0.2, -0.15) is 5.10 Å². The first-order valence-electron chi connectivity index (χ1n) is 5.03. The molecule has 0 fully saturated rings. The van der Waals surface area contributed by atoms with Crippen LogP contribution in [0.3, 0.4) is 0 Å². The van der Waals surface area contributed by atoms with Gasteiger partial charge in [-0.25, -0.2) is 4.98 Å². The van der Waals surface area contributed by atoms with Crippen LogP contribution in [0, 0.1) is 0 Å². The Morgan fingerprint density at radius 2 is 2.29 bits per heavy atom. The third kappa shape index (κ3) is 1.99. The highest BCUT2D eigenvalue weighted by atomic mass is 32.2. The van der Waals surface area contributed by atoms with Crippen molar-refractivity contribution in [1.29, 1.82) is 0 Å². The number of anilines is 1. The summed E-state index contributed by atoms with van der Waals surface area (Å²) in [7, 11) is 1.87. The van der Waals surface area contributed by atoms with E-state index in [4.69, 9.17) is 10.2 Å². The Bertz CT molecular complexity index is 673. The molecule has 2 aromatic heterocycles. The molecule has 0 amide bonds. The van der Waals surface area contributed by atoms with Crippen LogP contribution in [0.15, 0.2) is 45.1 Å². The van der Waals surface area contributed by atoms with Crippen LogP contribution < -0.4 is 5.73 Å². The van der Waals surface area contributed by atoms with Gasteiger partial charge in [0.25, 0.3) is 5.22 Å². The molecule has 0 bridgehead atoms. The van der Waals surface area contributed by atoms with Crippen LogP contribution in [0.4, 0.5) is 5.69 Å². The minimum atomic E-state index is 0.596. The molecule has 86 valence electrons. The number of aryl methyl sites for hydroxylation is 1. The summed E-state index contributed by atoms with van der Waals surface area (Å²) in [5.74, 6) is 0. The fourth-order valence-corrected chi connectivity index (χ4v) is 2.30. The smallest absolute Gasteiger partial charge is 0.261 e. The van der Waals surface area contributed by atoms with Crippen LogP contribution in [0.25, 0.3) is 11.1 Å². The Morgan fingerprint density at radius 1 is 1.41 bits per heavy atom. The summed E-state index contributed by atoms with van der Waals surface area (Å²) in [4.78, 5) is 5.35. The highest BCUT2D eigenvalue weighted by molar-refractivity contribution is 7.99. The van der Waals surface area contributed by atoms with Gasteiger partial charge in [-0.15, -0.1) is 0 Å². The zero-order valence-corrected chi connectivity index (χ0v) is 9.94. The topological polar surface area (TPSA) is 69.9 Å². The summed E-state index contributed by atoms with van der Waals surface area (Å²) >= 11 is 1.44. The Labute approximate surface area is 102 Å². The molecule has 3 rings (SSSR count). The molecule has 6 heteroatoms. The van der Waals surface area contributed by atoms with Crippen LogP contribution in [0.2, 0.25) is 0 Å². The van der Waals surface area contributed by atoms with Crippen molar-refractivity contribution in [3.05, 3.63) is 30.6 Å². The average Bonchev–Trinajstić information content (AvgIpc) is 2.84. The van der Waals surface area contributed by atoms with Gasteiger partial charge < -0.3 is 10.2 Å². The molecule has 0 saturated carbocycles. The first-order valence-corrected chi connectivity index (χ1v) is 5.85. The molecule has 0 aliphatic rings. The van der Waals surface area contributed by atoms with E-state index in [1.54, 1.807) is 23.0 Å². The monoisotopic (exact) mass is 246 g/mol. The maximum atomic E-state index is 5.69. The van der Waals surface area contributed by atoms with Crippen LogP contribution in [0.5, 0.6) is 0 Å². The number of hydrogen-bond acceptors (Lipinski definition) is 5. The molecule has 0 radical (unpaired) electrons. The Hall–Kier alpha value is -1.95. The lowest BCUT2D eigenvalue weighted by Gasteiger charge is -1.88. The van der Waals surface area contributed by atoms with Crippen molar-refractivity contribution in [3.8, 4) is 0 Å². The van der Waals surface area contributed by atoms with Gasteiger partial charge in [-0.1, -0.05) is 0 Å². The molecule has 17 heavy (non-hydrogen) atoms. The van der Waals surface area contributed by atoms with Gasteiger partial charge in [-0.3, -0.25) is 4.68 Å². The second-order valence-corrected chi connectivity index (χ2v) is 4.68. The van der Waals surface area contributed by atoms with Crippen LogP contribution in [-0.2, 0) is 7.05 Å². The average molecular weight is 246 g/mol.